The Labute approximate surface area is 139 Å². The lowest BCUT2D eigenvalue weighted by Gasteiger charge is -2.13. The predicted octanol–water partition coefficient (Wildman–Crippen LogP) is 1.24. The molecule has 0 spiro atoms. The third kappa shape index (κ3) is 4.24. The minimum absolute atomic E-state index is 0.0104. The molecular formula is C14H17N5O4S. The second-order valence-electron chi connectivity index (χ2n) is 5.27. The molecule has 0 aliphatic rings. The van der Waals surface area contributed by atoms with Crippen LogP contribution in [0.4, 0.5) is 11.6 Å². The highest BCUT2D eigenvalue weighted by atomic mass is 32.2. The first-order valence-corrected chi connectivity index (χ1v) is 8.43. The van der Waals surface area contributed by atoms with Gasteiger partial charge in [-0.3, -0.25) is 10.1 Å². The molecule has 0 aliphatic heterocycles. The molecule has 0 saturated heterocycles. The second-order valence-corrected chi connectivity index (χ2v) is 7.04. The summed E-state index contributed by atoms with van der Waals surface area (Å²) in [7, 11) is -0.211. The van der Waals surface area contributed by atoms with E-state index in [1.165, 1.54) is 12.1 Å². The van der Waals surface area contributed by atoms with Crippen LogP contribution in [-0.2, 0) is 16.6 Å². The SMILES string of the molecule is Cc1cc(CNS(=O)(=O)c2ccc([N+](=O)[O-])cc2)nc(N(C)C)n1. The molecule has 0 bridgehead atoms. The maximum absolute atomic E-state index is 12.3. The lowest BCUT2D eigenvalue weighted by molar-refractivity contribution is -0.384. The number of hydrogen-bond acceptors (Lipinski definition) is 7. The quantitative estimate of drug-likeness (QED) is 0.614. The van der Waals surface area contributed by atoms with Crippen molar-refractivity contribution in [3.8, 4) is 0 Å². The predicted molar refractivity (Wildman–Crippen MR) is 88.2 cm³/mol. The van der Waals surface area contributed by atoms with Crippen molar-refractivity contribution < 1.29 is 13.3 Å². The summed E-state index contributed by atoms with van der Waals surface area (Å²) in [5.41, 5.74) is 1.07. The summed E-state index contributed by atoms with van der Waals surface area (Å²) < 4.78 is 26.9. The van der Waals surface area contributed by atoms with Crippen LogP contribution < -0.4 is 9.62 Å². The fourth-order valence-electron chi connectivity index (χ4n) is 1.91. The third-order valence-corrected chi connectivity index (χ3v) is 4.51. The Morgan fingerprint density at radius 1 is 1.21 bits per heavy atom. The molecule has 2 rings (SSSR count). The van der Waals surface area contributed by atoms with Crippen molar-refractivity contribution in [1.29, 1.82) is 0 Å². The van der Waals surface area contributed by atoms with Gasteiger partial charge in [-0.1, -0.05) is 0 Å². The summed E-state index contributed by atoms with van der Waals surface area (Å²) in [6.07, 6.45) is 0. The zero-order valence-corrected chi connectivity index (χ0v) is 14.2. The van der Waals surface area contributed by atoms with Crippen LogP contribution in [0, 0.1) is 17.0 Å². The number of nitro groups is 1. The van der Waals surface area contributed by atoms with E-state index < -0.39 is 14.9 Å². The van der Waals surface area contributed by atoms with Crippen LogP contribution in [0.5, 0.6) is 0 Å². The number of aromatic nitrogens is 2. The van der Waals surface area contributed by atoms with Crippen molar-refractivity contribution in [2.45, 2.75) is 18.4 Å². The molecule has 0 fully saturated rings. The zero-order chi connectivity index (χ0) is 17.9. The van der Waals surface area contributed by atoms with E-state index in [0.29, 0.717) is 11.6 Å². The number of rotatable bonds is 6. The van der Waals surface area contributed by atoms with Gasteiger partial charge in [-0.25, -0.2) is 23.1 Å². The number of nitro benzene ring substituents is 1. The Morgan fingerprint density at radius 2 is 1.83 bits per heavy atom. The van der Waals surface area contributed by atoms with Crippen LogP contribution >= 0.6 is 0 Å². The Kier molecular flexibility index (Phi) is 5.10. The van der Waals surface area contributed by atoms with Crippen LogP contribution in [0.2, 0.25) is 0 Å². The Morgan fingerprint density at radius 3 is 2.38 bits per heavy atom. The number of hydrogen-bond donors (Lipinski definition) is 1. The van der Waals surface area contributed by atoms with Gasteiger partial charge in [0.2, 0.25) is 16.0 Å². The van der Waals surface area contributed by atoms with Crippen molar-refractivity contribution in [3.05, 3.63) is 51.8 Å². The summed E-state index contributed by atoms with van der Waals surface area (Å²) in [4.78, 5) is 20.2. The molecule has 1 N–H and O–H groups in total. The minimum Gasteiger partial charge on any atom is -0.347 e. The summed E-state index contributed by atoms with van der Waals surface area (Å²) in [6, 6.07) is 6.36. The van der Waals surface area contributed by atoms with Crippen molar-refractivity contribution >= 4 is 21.7 Å². The highest BCUT2D eigenvalue weighted by Crippen LogP contribution is 2.16. The van der Waals surface area contributed by atoms with Crippen molar-refractivity contribution in [2.24, 2.45) is 0 Å². The normalized spacial score (nSPS) is 11.3. The first-order chi connectivity index (χ1) is 11.2. The maximum atomic E-state index is 12.3. The zero-order valence-electron chi connectivity index (χ0n) is 13.4. The molecule has 0 saturated carbocycles. The summed E-state index contributed by atoms with van der Waals surface area (Å²) in [5, 5.41) is 10.6. The molecule has 0 unspecified atom stereocenters. The average molecular weight is 351 g/mol. The molecule has 0 atom stereocenters. The summed E-state index contributed by atoms with van der Waals surface area (Å²) in [5.74, 6) is 0.486. The van der Waals surface area contributed by atoms with Gasteiger partial charge in [0, 0.05) is 31.9 Å². The van der Waals surface area contributed by atoms with Gasteiger partial charge in [0.1, 0.15) is 0 Å². The largest absolute Gasteiger partial charge is 0.347 e. The van der Waals surface area contributed by atoms with Crippen LogP contribution in [-0.4, -0.2) is 37.4 Å². The van der Waals surface area contributed by atoms with Gasteiger partial charge in [0.25, 0.3) is 5.69 Å². The standard InChI is InChI=1S/C14H17N5O4S/c1-10-8-11(17-14(16-10)18(2)3)9-15-24(22,23)13-6-4-12(5-7-13)19(20)21/h4-8,15H,9H2,1-3H3. The molecule has 0 radical (unpaired) electrons. The van der Waals surface area contributed by atoms with Crippen molar-refractivity contribution in [1.82, 2.24) is 14.7 Å². The molecule has 1 aromatic heterocycles. The van der Waals surface area contributed by atoms with Gasteiger partial charge in [-0.15, -0.1) is 0 Å². The molecule has 2 aromatic rings. The molecule has 24 heavy (non-hydrogen) atoms. The van der Waals surface area contributed by atoms with Crippen LogP contribution in [0.15, 0.2) is 35.2 Å². The highest BCUT2D eigenvalue weighted by Gasteiger charge is 2.16. The Bertz CT molecular complexity index is 850. The van der Waals surface area contributed by atoms with E-state index >= 15 is 0 Å². The van der Waals surface area contributed by atoms with E-state index in [-0.39, 0.29) is 17.1 Å². The minimum atomic E-state index is -3.79. The van der Waals surface area contributed by atoms with E-state index in [4.69, 9.17) is 0 Å². The van der Waals surface area contributed by atoms with Crippen molar-refractivity contribution in [2.75, 3.05) is 19.0 Å². The number of benzene rings is 1. The molecule has 0 aliphatic carbocycles. The number of sulfonamides is 1. The molecule has 9 nitrogen and oxygen atoms in total. The molecule has 1 heterocycles. The van der Waals surface area contributed by atoms with Gasteiger partial charge < -0.3 is 4.90 Å². The molecule has 0 amide bonds. The summed E-state index contributed by atoms with van der Waals surface area (Å²) in [6.45, 7) is 1.78. The second kappa shape index (κ2) is 6.89. The number of non-ortho nitro benzene ring substituents is 1. The van der Waals surface area contributed by atoms with E-state index in [1.54, 1.807) is 32.0 Å². The fourth-order valence-corrected chi connectivity index (χ4v) is 2.91. The van der Waals surface area contributed by atoms with Crippen LogP contribution in [0.25, 0.3) is 0 Å². The molecule has 10 heteroatoms. The van der Waals surface area contributed by atoms with E-state index in [1.807, 2.05) is 0 Å². The van der Waals surface area contributed by atoms with E-state index in [0.717, 1.165) is 17.8 Å². The number of aryl methyl sites for hydroxylation is 1. The molecular weight excluding hydrogens is 334 g/mol. The summed E-state index contributed by atoms with van der Waals surface area (Å²) >= 11 is 0. The number of nitrogens with one attached hydrogen (secondary N) is 1. The smallest absolute Gasteiger partial charge is 0.269 e. The van der Waals surface area contributed by atoms with Crippen LogP contribution in [0.3, 0.4) is 0 Å². The average Bonchev–Trinajstić information content (AvgIpc) is 2.52. The van der Waals surface area contributed by atoms with E-state index in [2.05, 4.69) is 14.7 Å². The highest BCUT2D eigenvalue weighted by molar-refractivity contribution is 7.89. The lowest BCUT2D eigenvalue weighted by Crippen LogP contribution is -2.24. The van der Waals surface area contributed by atoms with E-state index in [9.17, 15) is 18.5 Å². The van der Waals surface area contributed by atoms with Gasteiger partial charge in [0.05, 0.1) is 22.1 Å². The maximum Gasteiger partial charge on any atom is 0.269 e. The fraction of sp³-hybridized carbons (Fsp3) is 0.286. The number of nitrogens with zero attached hydrogens (tertiary/aromatic N) is 4. The lowest BCUT2D eigenvalue weighted by atomic mass is 10.3. The van der Waals surface area contributed by atoms with Crippen molar-refractivity contribution in [3.63, 3.8) is 0 Å². The monoisotopic (exact) mass is 351 g/mol. The Hall–Kier alpha value is -2.59. The van der Waals surface area contributed by atoms with Crippen LogP contribution in [0.1, 0.15) is 11.4 Å². The first kappa shape index (κ1) is 17.8. The molecule has 1 aromatic carbocycles. The Balaban J connectivity index is 2.17. The topological polar surface area (TPSA) is 118 Å². The van der Waals surface area contributed by atoms with Gasteiger partial charge in [-0.2, -0.15) is 0 Å². The van der Waals surface area contributed by atoms with Gasteiger partial charge in [-0.05, 0) is 25.1 Å². The first-order valence-electron chi connectivity index (χ1n) is 6.95. The third-order valence-electron chi connectivity index (χ3n) is 3.10. The van der Waals surface area contributed by atoms with Gasteiger partial charge >= 0.3 is 0 Å². The molecule has 128 valence electrons. The van der Waals surface area contributed by atoms with Gasteiger partial charge in [0.15, 0.2) is 0 Å². The number of anilines is 1.